The van der Waals surface area contributed by atoms with Crippen LogP contribution in [0.2, 0.25) is 6.04 Å². The number of nitrogens with zero attached hydrogens (tertiary/aromatic N) is 2. The van der Waals surface area contributed by atoms with Crippen molar-refractivity contribution in [2.24, 2.45) is 0 Å². The van der Waals surface area contributed by atoms with E-state index >= 15 is 0 Å². The smallest absolute Gasteiger partial charge is 0.461 e. The molecule has 1 aliphatic heterocycles. The molecule has 13 heteroatoms. The molecule has 2 aromatic carbocycles. The van der Waals surface area contributed by atoms with E-state index in [0.29, 0.717) is 44.8 Å². The van der Waals surface area contributed by atoms with Crippen molar-refractivity contribution in [1.82, 2.24) is 4.58 Å². The summed E-state index contributed by atoms with van der Waals surface area (Å²) in [5.41, 5.74) is 3.10. The van der Waals surface area contributed by atoms with Gasteiger partial charge in [-0.1, -0.05) is 18.2 Å². The minimum Gasteiger partial charge on any atom is -0.461 e. The fraction of sp³-hybridized carbons (Fsp3) is 0.355. The Morgan fingerprint density at radius 3 is 2.27 bits per heavy atom. The number of carbonyl (C=O) groups excluding carboxylic acids is 1. The van der Waals surface area contributed by atoms with E-state index in [0.717, 1.165) is 18.8 Å². The average molecular weight is 644 g/mol. The molecule has 4 rings (SSSR count). The van der Waals surface area contributed by atoms with E-state index in [1.807, 2.05) is 30.3 Å². The predicted molar refractivity (Wildman–Crippen MR) is 170 cm³/mol. The standard InChI is InChI=1S/C31H38N2O9SSi/c1-7-33(8-2)23-14-16-25-28(20-23)42-27-19-22(32(3)21-30(34)41-17-18-44(38-4,39-5)40-6)13-15-24(27)31(25)26-11-9-10-12-29(26)43(35,36)37/h9-16,19-20H,7-8,17-18,21H2,1-6H3/p+1. The van der Waals surface area contributed by atoms with Gasteiger partial charge in [0, 0.05) is 74.3 Å². The number of esters is 1. The fourth-order valence-electron chi connectivity index (χ4n) is 5.26. The number of carbonyl (C=O) groups is 1. The Balaban J connectivity index is 1.82. The van der Waals surface area contributed by atoms with Crippen LogP contribution in [0.5, 0.6) is 0 Å². The summed E-state index contributed by atoms with van der Waals surface area (Å²) in [5, 5.41) is 1.37. The van der Waals surface area contributed by atoms with E-state index in [1.165, 1.54) is 27.4 Å². The third kappa shape index (κ3) is 7.03. The van der Waals surface area contributed by atoms with Crippen LogP contribution < -0.4 is 14.8 Å². The zero-order valence-corrected chi connectivity index (χ0v) is 27.6. The molecule has 0 spiro atoms. The van der Waals surface area contributed by atoms with Gasteiger partial charge in [-0.25, -0.2) is 9.37 Å². The van der Waals surface area contributed by atoms with Gasteiger partial charge in [0.2, 0.25) is 11.9 Å². The molecule has 2 aliphatic rings. The van der Waals surface area contributed by atoms with E-state index < -0.39 is 24.9 Å². The van der Waals surface area contributed by atoms with E-state index in [-0.39, 0.29) is 18.0 Å². The van der Waals surface area contributed by atoms with Crippen LogP contribution in [0.1, 0.15) is 13.8 Å². The normalized spacial score (nSPS) is 12.9. The molecule has 0 unspecified atom stereocenters. The maximum atomic E-state index is 12.7. The first-order valence-electron chi connectivity index (χ1n) is 14.2. The van der Waals surface area contributed by atoms with Crippen molar-refractivity contribution in [3.8, 4) is 22.5 Å². The van der Waals surface area contributed by atoms with Crippen molar-refractivity contribution in [3.05, 3.63) is 66.0 Å². The molecular weight excluding hydrogens is 604 g/mol. The van der Waals surface area contributed by atoms with Gasteiger partial charge >= 0.3 is 14.8 Å². The minimum atomic E-state index is -4.53. The molecular formula is C31H39N2O9SSi+. The van der Waals surface area contributed by atoms with Gasteiger partial charge in [0.15, 0.2) is 0 Å². The molecule has 0 atom stereocenters. The van der Waals surface area contributed by atoms with Crippen LogP contribution in [0, 0.1) is 0 Å². The van der Waals surface area contributed by atoms with Crippen molar-refractivity contribution in [2.75, 3.05) is 59.5 Å². The third-order valence-corrected chi connectivity index (χ3v) is 11.3. The minimum absolute atomic E-state index is 0.0366. The average Bonchev–Trinajstić information content (AvgIpc) is 3.02. The van der Waals surface area contributed by atoms with E-state index in [9.17, 15) is 17.8 Å². The summed E-state index contributed by atoms with van der Waals surface area (Å²) in [5.74, 6) is 0.0315. The molecule has 0 saturated heterocycles. The highest BCUT2D eigenvalue weighted by molar-refractivity contribution is 7.86. The van der Waals surface area contributed by atoms with Crippen molar-refractivity contribution >= 4 is 41.5 Å². The predicted octanol–water partition coefficient (Wildman–Crippen LogP) is 4.12. The van der Waals surface area contributed by atoms with Crippen LogP contribution in [-0.4, -0.2) is 82.4 Å². The summed E-state index contributed by atoms with van der Waals surface area (Å²) in [7, 11) is -1.13. The molecule has 0 aromatic heterocycles. The molecule has 0 bridgehead atoms. The van der Waals surface area contributed by atoms with Crippen LogP contribution >= 0.6 is 0 Å². The summed E-state index contributed by atoms with van der Waals surface area (Å²) >= 11 is 0. The second-order valence-corrected chi connectivity index (χ2v) is 14.6. The van der Waals surface area contributed by atoms with Gasteiger partial charge < -0.3 is 27.3 Å². The van der Waals surface area contributed by atoms with Crippen molar-refractivity contribution in [3.63, 3.8) is 0 Å². The maximum absolute atomic E-state index is 12.7. The van der Waals surface area contributed by atoms with Crippen LogP contribution in [0.25, 0.3) is 33.4 Å². The number of likely N-dealkylation sites (N-methyl/N-ethyl adjacent to an activating group) is 1. The highest BCUT2D eigenvalue weighted by Gasteiger charge is 2.38. The number of ether oxygens (including phenoxy) is 1. The van der Waals surface area contributed by atoms with Gasteiger partial charge in [0.25, 0.3) is 10.1 Å². The Labute approximate surface area is 258 Å². The first-order chi connectivity index (χ1) is 21.0. The number of hydrogen-bond acceptors (Lipinski definition) is 9. The first-order valence-corrected chi connectivity index (χ1v) is 17.6. The molecule has 0 saturated carbocycles. The summed E-state index contributed by atoms with van der Waals surface area (Å²) in [6.45, 7) is 5.77. The Morgan fingerprint density at radius 1 is 0.955 bits per heavy atom. The number of hydrogen-bond donors (Lipinski definition) is 1. The summed E-state index contributed by atoms with van der Waals surface area (Å²) in [6.07, 6.45) is 0. The summed E-state index contributed by atoms with van der Waals surface area (Å²) in [4.78, 5) is 14.6. The monoisotopic (exact) mass is 643 g/mol. The van der Waals surface area contributed by atoms with Gasteiger partial charge in [-0.3, -0.25) is 4.55 Å². The highest BCUT2D eigenvalue weighted by Crippen LogP contribution is 2.42. The van der Waals surface area contributed by atoms with Crippen molar-refractivity contribution < 1.29 is 40.2 Å². The molecule has 0 fully saturated rings. The molecule has 0 radical (unpaired) electrons. The highest BCUT2D eigenvalue weighted by atomic mass is 32.2. The van der Waals surface area contributed by atoms with E-state index in [1.54, 1.807) is 35.9 Å². The van der Waals surface area contributed by atoms with Gasteiger partial charge in [0.1, 0.15) is 23.3 Å². The third-order valence-electron chi connectivity index (χ3n) is 7.66. The number of benzene rings is 3. The lowest BCUT2D eigenvalue weighted by Gasteiger charge is -2.23. The Kier molecular flexibility index (Phi) is 10.6. The lowest BCUT2D eigenvalue weighted by atomic mass is 9.93. The van der Waals surface area contributed by atoms with Gasteiger partial charge in [-0.2, -0.15) is 8.42 Å². The molecule has 1 aliphatic carbocycles. The number of fused-ring (bicyclic) bond motifs is 2. The second kappa shape index (κ2) is 14.0. The zero-order chi connectivity index (χ0) is 32.1. The van der Waals surface area contributed by atoms with E-state index in [2.05, 4.69) is 18.7 Å². The summed E-state index contributed by atoms with van der Waals surface area (Å²) in [6, 6.07) is 17.9. The van der Waals surface area contributed by atoms with Crippen molar-refractivity contribution in [1.29, 1.82) is 0 Å². The Morgan fingerprint density at radius 2 is 1.64 bits per heavy atom. The van der Waals surface area contributed by atoms with Crippen molar-refractivity contribution in [2.45, 2.75) is 24.8 Å². The molecule has 11 nitrogen and oxygen atoms in total. The topological polar surface area (TPSA) is 128 Å². The lowest BCUT2D eigenvalue weighted by molar-refractivity contribution is -0.142. The van der Waals surface area contributed by atoms with Crippen LogP contribution in [0.15, 0.2) is 70.0 Å². The number of anilines is 1. The second-order valence-electron chi connectivity index (χ2n) is 10.1. The molecule has 236 valence electrons. The van der Waals surface area contributed by atoms with Gasteiger partial charge in [0.05, 0.1) is 18.7 Å². The quantitative estimate of drug-likeness (QED) is 0.0747. The molecule has 1 N–H and O–H groups in total. The Hall–Kier alpha value is -3.59. The molecule has 2 aromatic rings. The van der Waals surface area contributed by atoms with Gasteiger partial charge in [-0.05, 0) is 38.1 Å². The maximum Gasteiger partial charge on any atom is 0.503 e. The van der Waals surface area contributed by atoms with E-state index in [4.69, 9.17) is 22.4 Å². The lowest BCUT2D eigenvalue weighted by Crippen LogP contribution is -2.44. The van der Waals surface area contributed by atoms with Gasteiger partial charge in [-0.15, -0.1) is 0 Å². The SMILES string of the molecule is CCN(CC)c1ccc2c(-c3ccccc3S(=O)(=O)O)c3ccc(=[N+](C)CC(=O)OCC[Si](OC)(OC)OC)cc-3oc2c1. The van der Waals surface area contributed by atoms with Crippen LogP contribution in [-0.2, 0) is 32.9 Å². The first kappa shape index (κ1) is 33.3. The zero-order valence-electron chi connectivity index (χ0n) is 25.8. The fourth-order valence-corrected chi connectivity index (χ4v) is 7.42. The molecule has 44 heavy (non-hydrogen) atoms. The van der Waals surface area contributed by atoms with Crippen LogP contribution in [0.4, 0.5) is 5.69 Å². The van der Waals surface area contributed by atoms with Crippen LogP contribution in [0.3, 0.4) is 0 Å². The summed E-state index contributed by atoms with van der Waals surface area (Å²) < 4.78 is 64.6. The number of rotatable bonds is 13. The Bertz CT molecular complexity index is 1770. The molecule has 1 heterocycles. The molecule has 0 amide bonds. The largest absolute Gasteiger partial charge is 0.503 e.